The van der Waals surface area contributed by atoms with Crippen LogP contribution in [0.1, 0.15) is 70.8 Å². The zero-order valence-electron chi connectivity index (χ0n) is 21.7. The molecule has 0 bridgehead atoms. The van der Waals surface area contributed by atoms with E-state index < -0.39 is 40.8 Å². The maximum atomic E-state index is 15.0. The second-order valence-corrected chi connectivity index (χ2v) is 10.6. The van der Waals surface area contributed by atoms with Gasteiger partial charge in [-0.25, -0.2) is 18.4 Å². The number of rotatable bonds is 7. The predicted molar refractivity (Wildman–Crippen MR) is 129 cm³/mol. The van der Waals surface area contributed by atoms with Crippen LogP contribution in [0.2, 0.25) is 0 Å². The smallest absolute Gasteiger partial charge is 0.410 e. The van der Waals surface area contributed by atoms with Gasteiger partial charge < -0.3 is 23.8 Å². The van der Waals surface area contributed by atoms with Gasteiger partial charge >= 0.3 is 12.1 Å². The second-order valence-electron chi connectivity index (χ2n) is 10.6. The molecule has 7 nitrogen and oxygen atoms in total. The van der Waals surface area contributed by atoms with Crippen LogP contribution in [0.4, 0.5) is 13.6 Å². The molecule has 0 spiro atoms. The molecule has 36 heavy (non-hydrogen) atoms. The molecule has 1 aliphatic heterocycles. The average molecular weight is 506 g/mol. The van der Waals surface area contributed by atoms with E-state index in [1.165, 1.54) is 23.1 Å². The lowest BCUT2D eigenvalue weighted by Gasteiger charge is -2.31. The lowest BCUT2D eigenvalue weighted by atomic mass is 10.1. The van der Waals surface area contributed by atoms with E-state index in [0.717, 1.165) is 12.1 Å². The van der Waals surface area contributed by atoms with Crippen molar-refractivity contribution >= 4 is 12.1 Å². The standard InChI is InChI=1S/C27H33F2NO6/c1-16(2)10-11-30(25(32)36-26(3,4)5)15-17-12-20(28)23(21(29)13-17)33-18-8-9-19-22(14-18)34-27(6,7)35-24(19)31/h8-9,12-14,16H,10-11,15H2,1-7H3. The third kappa shape index (κ3) is 7.08. The third-order valence-corrected chi connectivity index (χ3v) is 5.15. The van der Waals surface area contributed by atoms with Gasteiger partial charge in [-0.05, 0) is 62.9 Å². The number of fused-ring (bicyclic) bond motifs is 1. The summed E-state index contributed by atoms with van der Waals surface area (Å²) in [6.07, 6.45) is 0.149. The Labute approximate surface area is 210 Å². The number of benzene rings is 2. The lowest BCUT2D eigenvalue weighted by molar-refractivity contribution is -0.127. The van der Waals surface area contributed by atoms with Gasteiger partial charge in [0.2, 0.25) is 5.79 Å². The van der Waals surface area contributed by atoms with E-state index in [0.29, 0.717) is 18.9 Å². The monoisotopic (exact) mass is 505 g/mol. The summed E-state index contributed by atoms with van der Waals surface area (Å²) in [7, 11) is 0. The van der Waals surface area contributed by atoms with Crippen molar-refractivity contribution in [3.05, 3.63) is 53.1 Å². The highest BCUT2D eigenvalue weighted by Crippen LogP contribution is 2.36. The zero-order valence-corrected chi connectivity index (χ0v) is 21.7. The summed E-state index contributed by atoms with van der Waals surface area (Å²) >= 11 is 0. The quantitative estimate of drug-likeness (QED) is 0.384. The molecule has 0 aromatic heterocycles. The highest BCUT2D eigenvalue weighted by atomic mass is 19.1. The van der Waals surface area contributed by atoms with Crippen LogP contribution in [0.15, 0.2) is 30.3 Å². The van der Waals surface area contributed by atoms with Gasteiger partial charge in [0.15, 0.2) is 17.4 Å². The van der Waals surface area contributed by atoms with Crippen LogP contribution in [-0.2, 0) is 16.0 Å². The Morgan fingerprint density at radius 2 is 1.72 bits per heavy atom. The van der Waals surface area contributed by atoms with Crippen molar-refractivity contribution in [3.63, 3.8) is 0 Å². The van der Waals surface area contributed by atoms with Gasteiger partial charge in [-0.1, -0.05) is 13.8 Å². The molecule has 0 atom stereocenters. The molecule has 2 aromatic rings. The Kier molecular flexibility index (Phi) is 7.81. The van der Waals surface area contributed by atoms with Crippen molar-refractivity contribution in [3.8, 4) is 17.2 Å². The van der Waals surface area contributed by atoms with Crippen LogP contribution < -0.4 is 9.47 Å². The molecule has 0 unspecified atom stereocenters. The fourth-order valence-corrected chi connectivity index (χ4v) is 3.50. The molecule has 9 heteroatoms. The number of carbonyl (C=O) groups excluding carboxylic acids is 2. The van der Waals surface area contributed by atoms with Crippen LogP contribution in [0, 0.1) is 17.6 Å². The molecule has 1 amide bonds. The molecule has 0 saturated carbocycles. The Morgan fingerprint density at radius 3 is 2.31 bits per heavy atom. The molecule has 1 aliphatic rings. The van der Waals surface area contributed by atoms with Gasteiger partial charge in [0.1, 0.15) is 22.7 Å². The normalized spacial score (nSPS) is 14.6. The number of cyclic esters (lactones) is 1. The fraction of sp³-hybridized carbons (Fsp3) is 0.481. The van der Waals surface area contributed by atoms with Gasteiger partial charge in [0.25, 0.3) is 0 Å². The zero-order chi connectivity index (χ0) is 26.8. The SMILES string of the molecule is CC(C)CCN(Cc1cc(F)c(Oc2ccc3c(c2)OC(C)(C)OC3=O)c(F)c1)C(=O)OC(C)(C)C. The van der Waals surface area contributed by atoms with Crippen LogP contribution in [0.25, 0.3) is 0 Å². The molecule has 3 rings (SSSR count). The van der Waals surface area contributed by atoms with E-state index in [1.54, 1.807) is 34.6 Å². The number of amides is 1. The van der Waals surface area contributed by atoms with Gasteiger partial charge in [-0.15, -0.1) is 0 Å². The maximum absolute atomic E-state index is 15.0. The van der Waals surface area contributed by atoms with Crippen LogP contribution in [0.3, 0.4) is 0 Å². The molecule has 1 heterocycles. The molecule has 0 N–H and O–H groups in total. The summed E-state index contributed by atoms with van der Waals surface area (Å²) in [5, 5.41) is 0. The average Bonchev–Trinajstić information content (AvgIpc) is 2.71. The minimum absolute atomic E-state index is 0.0281. The van der Waals surface area contributed by atoms with Crippen molar-refractivity contribution in [2.24, 2.45) is 5.92 Å². The first-order chi connectivity index (χ1) is 16.6. The summed E-state index contributed by atoms with van der Waals surface area (Å²) in [5.74, 6) is -3.64. The van der Waals surface area contributed by atoms with E-state index in [4.69, 9.17) is 18.9 Å². The minimum atomic E-state index is -1.18. The summed E-state index contributed by atoms with van der Waals surface area (Å²) in [4.78, 5) is 26.2. The number of halogens is 2. The topological polar surface area (TPSA) is 74.3 Å². The van der Waals surface area contributed by atoms with E-state index in [9.17, 15) is 18.4 Å². The molecule has 0 fully saturated rings. The molecule has 196 valence electrons. The summed E-state index contributed by atoms with van der Waals surface area (Å²) in [6.45, 7) is 12.8. The Hall–Kier alpha value is -3.36. The number of nitrogens with zero attached hydrogens (tertiary/aromatic N) is 1. The second kappa shape index (κ2) is 10.3. The first-order valence-electron chi connectivity index (χ1n) is 11.8. The van der Waals surface area contributed by atoms with Gasteiger partial charge in [-0.3, -0.25) is 0 Å². The van der Waals surface area contributed by atoms with Crippen LogP contribution in [-0.4, -0.2) is 34.9 Å². The van der Waals surface area contributed by atoms with Crippen LogP contribution in [0.5, 0.6) is 17.2 Å². The number of hydrogen-bond donors (Lipinski definition) is 0. The number of esters is 1. The molecule has 0 radical (unpaired) electrons. The van der Waals surface area contributed by atoms with Gasteiger partial charge in [-0.2, -0.15) is 0 Å². The number of ether oxygens (including phenoxy) is 4. The largest absolute Gasteiger partial charge is 0.452 e. The van der Waals surface area contributed by atoms with Crippen molar-refractivity contribution in [2.45, 2.75) is 72.8 Å². The van der Waals surface area contributed by atoms with Crippen molar-refractivity contribution in [1.82, 2.24) is 4.90 Å². The summed E-state index contributed by atoms with van der Waals surface area (Å²) in [6, 6.07) is 6.42. The lowest BCUT2D eigenvalue weighted by Crippen LogP contribution is -2.38. The van der Waals surface area contributed by atoms with E-state index in [2.05, 4.69) is 0 Å². The Balaban J connectivity index is 1.81. The predicted octanol–water partition coefficient (Wildman–Crippen LogP) is 6.83. The fourth-order valence-electron chi connectivity index (χ4n) is 3.50. The molecule has 0 saturated heterocycles. The molecule has 2 aromatic carbocycles. The van der Waals surface area contributed by atoms with Crippen molar-refractivity contribution in [2.75, 3.05) is 6.54 Å². The van der Waals surface area contributed by atoms with Crippen LogP contribution >= 0.6 is 0 Å². The molecular formula is C27H33F2NO6. The van der Waals surface area contributed by atoms with E-state index in [1.807, 2.05) is 13.8 Å². The first kappa shape index (κ1) is 27.2. The Bertz CT molecular complexity index is 1120. The minimum Gasteiger partial charge on any atom is -0.452 e. The summed E-state index contributed by atoms with van der Waals surface area (Å²) in [5.41, 5.74) is -0.266. The van der Waals surface area contributed by atoms with E-state index >= 15 is 0 Å². The maximum Gasteiger partial charge on any atom is 0.410 e. The number of carbonyl (C=O) groups is 2. The molecule has 0 aliphatic carbocycles. The van der Waals surface area contributed by atoms with Gasteiger partial charge in [0, 0.05) is 33.0 Å². The highest BCUT2D eigenvalue weighted by molar-refractivity contribution is 5.93. The Morgan fingerprint density at radius 1 is 1.08 bits per heavy atom. The highest BCUT2D eigenvalue weighted by Gasteiger charge is 2.34. The van der Waals surface area contributed by atoms with Crippen molar-refractivity contribution < 1.29 is 37.3 Å². The van der Waals surface area contributed by atoms with E-state index in [-0.39, 0.29) is 29.2 Å². The third-order valence-electron chi connectivity index (χ3n) is 5.15. The first-order valence-corrected chi connectivity index (χ1v) is 11.8. The summed E-state index contributed by atoms with van der Waals surface area (Å²) < 4.78 is 51.6. The van der Waals surface area contributed by atoms with Gasteiger partial charge in [0.05, 0.1) is 0 Å². The number of hydrogen-bond acceptors (Lipinski definition) is 6. The van der Waals surface area contributed by atoms with Crippen molar-refractivity contribution in [1.29, 1.82) is 0 Å². The molecular weight excluding hydrogens is 472 g/mol.